The minimum Gasteiger partial charge on any atom is -0.310 e. The Morgan fingerprint density at radius 1 is 1.29 bits per heavy atom. The zero-order valence-corrected chi connectivity index (χ0v) is 14.3. The van der Waals surface area contributed by atoms with Crippen LogP contribution in [0.15, 0.2) is 18.2 Å². The number of aromatic nitrogens is 1. The average molecular weight is 327 g/mol. The number of thiazole rings is 1. The molecule has 21 heavy (non-hydrogen) atoms. The Morgan fingerprint density at radius 2 is 2.00 bits per heavy atom. The number of halogens is 2. The van der Waals surface area contributed by atoms with Crippen molar-refractivity contribution in [3.05, 3.63) is 39.6 Å². The number of rotatable bonds is 5. The summed E-state index contributed by atoms with van der Waals surface area (Å²) in [7, 11) is 0. The Hall–Kier alpha value is -0.970. The van der Waals surface area contributed by atoms with Crippen molar-refractivity contribution in [3.8, 4) is 10.6 Å². The van der Waals surface area contributed by atoms with Crippen molar-refractivity contribution >= 4 is 22.9 Å². The second-order valence-corrected chi connectivity index (χ2v) is 7.14. The van der Waals surface area contributed by atoms with E-state index in [0.717, 1.165) is 22.8 Å². The second kappa shape index (κ2) is 6.86. The third-order valence-electron chi connectivity index (χ3n) is 3.11. The molecule has 2 aromatic rings. The van der Waals surface area contributed by atoms with Crippen LogP contribution in [0.4, 0.5) is 4.39 Å². The van der Waals surface area contributed by atoms with Crippen LogP contribution in [0.5, 0.6) is 0 Å². The van der Waals surface area contributed by atoms with Gasteiger partial charge >= 0.3 is 0 Å². The molecule has 0 aliphatic carbocycles. The monoisotopic (exact) mass is 326 g/mol. The molecule has 0 aliphatic heterocycles. The van der Waals surface area contributed by atoms with Gasteiger partial charge in [0.15, 0.2) is 0 Å². The van der Waals surface area contributed by atoms with Crippen LogP contribution in [0, 0.1) is 5.82 Å². The largest absolute Gasteiger partial charge is 0.310 e. The highest BCUT2D eigenvalue weighted by Gasteiger charge is 2.16. The van der Waals surface area contributed by atoms with E-state index < -0.39 is 5.82 Å². The summed E-state index contributed by atoms with van der Waals surface area (Å²) < 4.78 is 13.3. The first-order valence-corrected chi connectivity index (χ1v) is 8.26. The molecule has 1 aromatic carbocycles. The van der Waals surface area contributed by atoms with Crippen molar-refractivity contribution in [3.63, 3.8) is 0 Å². The van der Waals surface area contributed by atoms with E-state index in [1.807, 2.05) is 0 Å². The zero-order chi connectivity index (χ0) is 15.6. The molecule has 1 N–H and O–H groups in total. The molecule has 0 radical (unpaired) electrons. The maximum Gasteiger partial charge on any atom is 0.141 e. The molecule has 2 rings (SSSR count). The summed E-state index contributed by atoms with van der Waals surface area (Å²) in [5, 5.41) is 4.45. The van der Waals surface area contributed by atoms with Gasteiger partial charge in [-0.15, -0.1) is 11.3 Å². The molecule has 5 heteroatoms. The van der Waals surface area contributed by atoms with Crippen LogP contribution >= 0.6 is 22.9 Å². The van der Waals surface area contributed by atoms with Crippen LogP contribution in [-0.2, 0) is 6.54 Å². The summed E-state index contributed by atoms with van der Waals surface area (Å²) in [5.74, 6) is -0.0439. The molecule has 0 fully saturated rings. The average Bonchev–Trinajstić information content (AvgIpc) is 2.84. The molecule has 1 aromatic heterocycles. The van der Waals surface area contributed by atoms with Crippen LogP contribution < -0.4 is 5.32 Å². The normalized spacial score (nSPS) is 11.6. The van der Waals surface area contributed by atoms with E-state index in [-0.39, 0.29) is 5.02 Å². The lowest BCUT2D eigenvalue weighted by Gasteiger charge is -2.09. The summed E-state index contributed by atoms with van der Waals surface area (Å²) in [6, 6.07) is 5.18. The number of hydrogen-bond donors (Lipinski definition) is 1. The Labute approximate surface area is 134 Å². The Bertz CT molecular complexity index is 623. The topological polar surface area (TPSA) is 24.9 Å². The third kappa shape index (κ3) is 4.02. The van der Waals surface area contributed by atoms with E-state index in [1.165, 1.54) is 10.9 Å². The van der Waals surface area contributed by atoms with Crippen LogP contribution in [0.25, 0.3) is 10.6 Å². The molecule has 114 valence electrons. The number of benzene rings is 1. The Kier molecular flexibility index (Phi) is 5.36. The molecule has 2 nitrogen and oxygen atoms in total. The lowest BCUT2D eigenvalue weighted by Crippen LogP contribution is -2.22. The SMILES string of the molecule is CC(C)NCc1sc(-c2ccc(F)c(Cl)c2)nc1C(C)C. The van der Waals surface area contributed by atoms with Gasteiger partial charge in [0.25, 0.3) is 0 Å². The number of hydrogen-bond acceptors (Lipinski definition) is 3. The van der Waals surface area contributed by atoms with Crippen LogP contribution in [0.1, 0.15) is 44.2 Å². The minimum atomic E-state index is -0.400. The molecule has 0 saturated carbocycles. The Morgan fingerprint density at radius 3 is 2.57 bits per heavy atom. The highest BCUT2D eigenvalue weighted by Crippen LogP contribution is 2.33. The fourth-order valence-corrected chi connectivity index (χ4v) is 3.33. The predicted octanol–water partition coefficient (Wildman–Crippen LogP) is 5.22. The van der Waals surface area contributed by atoms with Gasteiger partial charge in [0.1, 0.15) is 10.8 Å². The third-order valence-corrected chi connectivity index (χ3v) is 4.52. The molecule has 0 bridgehead atoms. The van der Waals surface area contributed by atoms with Gasteiger partial charge in [-0.1, -0.05) is 39.3 Å². The van der Waals surface area contributed by atoms with Gasteiger partial charge in [-0.05, 0) is 24.1 Å². The van der Waals surface area contributed by atoms with Crippen molar-refractivity contribution in [2.45, 2.75) is 46.2 Å². The van der Waals surface area contributed by atoms with Gasteiger partial charge in [0.05, 0.1) is 10.7 Å². The molecule has 0 unspecified atom stereocenters. The fourth-order valence-electron chi connectivity index (χ4n) is 1.99. The number of nitrogens with one attached hydrogen (secondary N) is 1. The van der Waals surface area contributed by atoms with Crippen molar-refractivity contribution in [1.82, 2.24) is 10.3 Å². The van der Waals surface area contributed by atoms with Crippen LogP contribution in [0.3, 0.4) is 0 Å². The van der Waals surface area contributed by atoms with E-state index in [9.17, 15) is 4.39 Å². The summed E-state index contributed by atoms with van der Waals surface area (Å²) in [6.45, 7) is 9.32. The number of nitrogens with zero attached hydrogens (tertiary/aromatic N) is 1. The van der Waals surface area contributed by atoms with E-state index in [0.29, 0.717) is 12.0 Å². The van der Waals surface area contributed by atoms with Gasteiger partial charge in [-0.3, -0.25) is 0 Å². The van der Waals surface area contributed by atoms with E-state index in [4.69, 9.17) is 16.6 Å². The first kappa shape index (κ1) is 16.4. The zero-order valence-electron chi connectivity index (χ0n) is 12.7. The quantitative estimate of drug-likeness (QED) is 0.814. The lowest BCUT2D eigenvalue weighted by molar-refractivity contribution is 0.588. The summed E-state index contributed by atoms with van der Waals surface area (Å²) >= 11 is 7.51. The highest BCUT2D eigenvalue weighted by molar-refractivity contribution is 7.15. The van der Waals surface area contributed by atoms with E-state index >= 15 is 0 Å². The van der Waals surface area contributed by atoms with Crippen molar-refractivity contribution in [2.75, 3.05) is 0 Å². The second-order valence-electron chi connectivity index (χ2n) is 5.65. The molecule has 0 saturated heterocycles. The standard InChI is InChI=1S/C16H20ClFN2S/c1-9(2)15-14(8-19-10(3)4)21-16(20-15)11-5-6-13(18)12(17)7-11/h5-7,9-10,19H,8H2,1-4H3. The fraction of sp³-hybridized carbons (Fsp3) is 0.438. The van der Waals surface area contributed by atoms with Gasteiger partial charge in [0.2, 0.25) is 0 Å². The Balaban J connectivity index is 2.36. The molecule has 0 aliphatic rings. The predicted molar refractivity (Wildman–Crippen MR) is 88.6 cm³/mol. The minimum absolute atomic E-state index is 0.135. The van der Waals surface area contributed by atoms with Gasteiger partial charge in [-0.2, -0.15) is 0 Å². The van der Waals surface area contributed by atoms with Gasteiger partial charge < -0.3 is 5.32 Å². The molecule has 0 amide bonds. The molecule has 0 atom stereocenters. The van der Waals surface area contributed by atoms with Crippen LogP contribution in [0.2, 0.25) is 5.02 Å². The molecule has 0 spiro atoms. The lowest BCUT2D eigenvalue weighted by atomic mass is 10.1. The molecule has 1 heterocycles. The van der Waals surface area contributed by atoms with Gasteiger partial charge in [-0.25, -0.2) is 9.37 Å². The first-order valence-electron chi connectivity index (χ1n) is 7.07. The van der Waals surface area contributed by atoms with Crippen LogP contribution in [-0.4, -0.2) is 11.0 Å². The van der Waals surface area contributed by atoms with Gasteiger partial charge in [0, 0.05) is 23.0 Å². The first-order chi connectivity index (χ1) is 9.88. The summed E-state index contributed by atoms with van der Waals surface area (Å²) in [6.07, 6.45) is 0. The highest BCUT2D eigenvalue weighted by atomic mass is 35.5. The smallest absolute Gasteiger partial charge is 0.141 e. The molecular weight excluding hydrogens is 307 g/mol. The summed E-state index contributed by atoms with van der Waals surface area (Å²) in [4.78, 5) is 5.96. The van der Waals surface area contributed by atoms with Crippen molar-refractivity contribution < 1.29 is 4.39 Å². The van der Waals surface area contributed by atoms with E-state index in [1.54, 1.807) is 23.5 Å². The van der Waals surface area contributed by atoms with Crippen molar-refractivity contribution in [2.24, 2.45) is 0 Å². The van der Waals surface area contributed by atoms with Crippen molar-refractivity contribution in [1.29, 1.82) is 0 Å². The summed E-state index contributed by atoms with van der Waals surface area (Å²) in [5.41, 5.74) is 1.97. The van der Waals surface area contributed by atoms with E-state index in [2.05, 4.69) is 33.0 Å². The maximum absolute atomic E-state index is 13.3. The maximum atomic E-state index is 13.3. The molecular formula is C16H20ClFN2S.